The molecular weight excluding hydrogens is 315 g/mol. The highest BCUT2D eigenvalue weighted by atomic mass is 35.5. The van der Waals surface area contributed by atoms with Crippen molar-refractivity contribution in [3.8, 4) is 0 Å². The Hall–Kier alpha value is -2.07. The fourth-order valence-corrected chi connectivity index (χ4v) is 2.43. The molecule has 2 aromatic carbocycles. The Kier molecular flexibility index (Phi) is 7.04. The Morgan fingerprint density at radius 1 is 1.26 bits per heavy atom. The monoisotopic (exact) mass is 336 g/mol. The van der Waals surface area contributed by atoms with Gasteiger partial charge >= 0.3 is 0 Å². The maximum absolute atomic E-state index is 13.2. The van der Waals surface area contributed by atoms with E-state index in [4.69, 9.17) is 5.73 Å². The molecule has 0 radical (unpaired) electrons. The molecule has 0 saturated heterocycles. The number of rotatable bonds is 5. The maximum Gasteiger partial charge on any atom is 0.224 e. The summed E-state index contributed by atoms with van der Waals surface area (Å²) in [7, 11) is 0. The molecule has 0 aromatic heterocycles. The highest BCUT2D eigenvalue weighted by Crippen LogP contribution is 2.19. The van der Waals surface area contributed by atoms with E-state index < -0.39 is 0 Å². The van der Waals surface area contributed by atoms with Crippen LogP contribution in [0.25, 0.3) is 0 Å². The number of carbonyl (C=O) groups is 1. The van der Waals surface area contributed by atoms with Gasteiger partial charge in [0.15, 0.2) is 0 Å². The van der Waals surface area contributed by atoms with Crippen LogP contribution in [0.15, 0.2) is 42.5 Å². The molecule has 124 valence electrons. The summed E-state index contributed by atoms with van der Waals surface area (Å²) in [5, 5.41) is 2.89. The molecule has 1 amide bonds. The van der Waals surface area contributed by atoms with Gasteiger partial charge in [0.05, 0.1) is 0 Å². The first-order chi connectivity index (χ1) is 10.4. The number of carbonyl (C=O) groups excluding carboxylic acids is 1. The van der Waals surface area contributed by atoms with Crippen LogP contribution in [0.3, 0.4) is 0 Å². The minimum atomic E-state index is -0.246. The zero-order valence-electron chi connectivity index (χ0n) is 13.3. The fourth-order valence-electron chi connectivity index (χ4n) is 2.43. The summed E-state index contributed by atoms with van der Waals surface area (Å²) in [5.41, 5.74) is 8.97. The van der Waals surface area contributed by atoms with E-state index in [1.165, 1.54) is 12.1 Å². The van der Waals surface area contributed by atoms with Gasteiger partial charge in [-0.2, -0.15) is 0 Å². The molecule has 0 bridgehead atoms. The van der Waals surface area contributed by atoms with Crippen molar-refractivity contribution in [2.24, 2.45) is 5.92 Å². The lowest BCUT2D eigenvalue weighted by Gasteiger charge is -2.13. The lowest BCUT2D eigenvalue weighted by molar-refractivity contribution is -0.116. The van der Waals surface area contributed by atoms with E-state index in [1.54, 1.807) is 18.2 Å². The Labute approximate surface area is 142 Å². The predicted octanol–water partition coefficient (Wildman–Crippen LogP) is 4.35. The summed E-state index contributed by atoms with van der Waals surface area (Å²) in [6.45, 7) is 3.90. The molecule has 0 aliphatic rings. The molecule has 3 nitrogen and oxygen atoms in total. The highest BCUT2D eigenvalue weighted by Gasteiger charge is 2.11. The van der Waals surface area contributed by atoms with Gasteiger partial charge in [-0.05, 0) is 54.7 Å². The number of nitrogens with one attached hydrogen (secondary N) is 1. The Bertz CT molecular complexity index is 676. The van der Waals surface area contributed by atoms with Crippen molar-refractivity contribution in [2.75, 3.05) is 11.1 Å². The van der Waals surface area contributed by atoms with Crippen LogP contribution in [0.4, 0.5) is 15.8 Å². The summed E-state index contributed by atoms with van der Waals surface area (Å²) in [5.74, 6) is -0.176. The highest BCUT2D eigenvalue weighted by molar-refractivity contribution is 5.92. The van der Waals surface area contributed by atoms with Crippen LogP contribution in [0.1, 0.15) is 24.5 Å². The summed E-state index contributed by atoms with van der Waals surface area (Å²) in [4.78, 5) is 12.1. The minimum Gasteiger partial charge on any atom is -0.399 e. The first kappa shape index (κ1) is 19.0. The van der Waals surface area contributed by atoms with E-state index in [2.05, 4.69) is 5.32 Å². The van der Waals surface area contributed by atoms with E-state index in [0.717, 1.165) is 16.8 Å². The summed E-state index contributed by atoms with van der Waals surface area (Å²) in [6.07, 6.45) is 1.05. The topological polar surface area (TPSA) is 55.1 Å². The van der Waals surface area contributed by atoms with Crippen LogP contribution in [-0.2, 0) is 11.2 Å². The number of halogens is 2. The van der Waals surface area contributed by atoms with Crippen LogP contribution in [0, 0.1) is 18.7 Å². The number of anilines is 2. The van der Waals surface area contributed by atoms with Crippen LogP contribution >= 0.6 is 12.4 Å². The van der Waals surface area contributed by atoms with Gasteiger partial charge in [0.1, 0.15) is 5.82 Å². The van der Waals surface area contributed by atoms with E-state index >= 15 is 0 Å². The van der Waals surface area contributed by atoms with Gasteiger partial charge in [-0.1, -0.05) is 25.1 Å². The second kappa shape index (κ2) is 8.53. The van der Waals surface area contributed by atoms with Crippen LogP contribution in [-0.4, -0.2) is 5.91 Å². The third kappa shape index (κ3) is 5.91. The summed E-state index contributed by atoms with van der Waals surface area (Å²) < 4.78 is 13.2. The van der Waals surface area contributed by atoms with Gasteiger partial charge in [0, 0.05) is 17.8 Å². The van der Waals surface area contributed by atoms with Crippen molar-refractivity contribution in [3.63, 3.8) is 0 Å². The number of hydrogen-bond acceptors (Lipinski definition) is 2. The number of amides is 1. The molecule has 0 spiro atoms. The average molecular weight is 337 g/mol. The van der Waals surface area contributed by atoms with Crippen LogP contribution in [0.2, 0.25) is 0 Å². The average Bonchev–Trinajstić information content (AvgIpc) is 2.42. The van der Waals surface area contributed by atoms with Crippen molar-refractivity contribution < 1.29 is 9.18 Å². The molecule has 3 N–H and O–H groups in total. The quantitative estimate of drug-likeness (QED) is 0.798. The van der Waals surface area contributed by atoms with Crippen molar-refractivity contribution >= 4 is 29.7 Å². The van der Waals surface area contributed by atoms with E-state index in [-0.39, 0.29) is 30.0 Å². The van der Waals surface area contributed by atoms with E-state index in [0.29, 0.717) is 18.5 Å². The Balaban J connectivity index is 0.00000264. The van der Waals surface area contributed by atoms with Gasteiger partial charge in [-0.15, -0.1) is 12.4 Å². The molecule has 0 fully saturated rings. The third-order valence-corrected chi connectivity index (χ3v) is 3.54. The second-order valence-electron chi connectivity index (χ2n) is 5.77. The fraction of sp³-hybridized carbons (Fsp3) is 0.278. The predicted molar refractivity (Wildman–Crippen MR) is 95.4 cm³/mol. The van der Waals surface area contributed by atoms with Gasteiger partial charge in [-0.25, -0.2) is 4.39 Å². The molecule has 1 atom stereocenters. The lowest BCUT2D eigenvalue weighted by Crippen LogP contribution is -2.17. The smallest absolute Gasteiger partial charge is 0.224 e. The lowest BCUT2D eigenvalue weighted by atomic mass is 9.97. The molecule has 2 rings (SSSR count). The molecule has 0 aliphatic heterocycles. The van der Waals surface area contributed by atoms with Crippen molar-refractivity contribution in [2.45, 2.75) is 26.7 Å². The Morgan fingerprint density at radius 2 is 2.00 bits per heavy atom. The zero-order valence-corrected chi connectivity index (χ0v) is 14.1. The van der Waals surface area contributed by atoms with Gasteiger partial charge in [-0.3, -0.25) is 4.79 Å². The van der Waals surface area contributed by atoms with Crippen LogP contribution < -0.4 is 11.1 Å². The molecule has 23 heavy (non-hydrogen) atoms. The van der Waals surface area contributed by atoms with E-state index in [9.17, 15) is 9.18 Å². The Morgan fingerprint density at radius 3 is 2.70 bits per heavy atom. The molecule has 0 saturated carbocycles. The summed E-state index contributed by atoms with van der Waals surface area (Å²) in [6, 6.07) is 11.9. The number of nitrogen functional groups attached to an aromatic ring is 1. The standard InChI is InChI=1S/C18H21FN2O.ClH/c1-12(8-14-4-3-5-15(19)10-14)9-18(22)21-17-11-16(20)7-6-13(17)2;/h3-7,10-12H,8-9,20H2,1-2H3,(H,21,22);1H. The molecular formula is C18H22ClFN2O. The van der Waals surface area contributed by atoms with Gasteiger partial charge < -0.3 is 11.1 Å². The third-order valence-electron chi connectivity index (χ3n) is 3.54. The molecule has 0 heterocycles. The number of nitrogens with two attached hydrogens (primary N) is 1. The van der Waals surface area contributed by atoms with E-state index in [1.807, 2.05) is 26.0 Å². The van der Waals surface area contributed by atoms with Crippen molar-refractivity contribution in [1.82, 2.24) is 0 Å². The second-order valence-corrected chi connectivity index (χ2v) is 5.77. The van der Waals surface area contributed by atoms with Crippen molar-refractivity contribution in [3.05, 3.63) is 59.4 Å². The number of hydrogen-bond donors (Lipinski definition) is 2. The first-order valence-corrected chi connectivity index (χ1v) is 7.34. The maximum atomic E-state index is 13.2. The number of aryl methyl sites for hydroxylation is 1. The molecule has 0 aliphatic carbocycles. The largest absolute Gasteiger partial charge is 0.399 e. The SMILES string of the molecule is Cc1ccc(N)cc1NC(=O)CC(C)Cc1cccc(F)c1.Cl. The van der Waals surface area contributed by atoms with Crippen molar-refractivity contribution in [1.29, 1.82) is 0 Å². The minimum absolute atomic E-state index is 0. The molecule has 2 aromatic rings. The first-order valence-electron chi connectivity index (χ1n) is 7.34. The number of benzene rings is 2. The van der Waals surface area contributed by atoms with Gasteiger partial charge in [0.2, 0.25) is 5.91 Å². The van der Waals surface area contributed by atoms with Gasteiger partial charge in [0.25, 0.3) is 0 Å². The zero-order chi connectivity index (χ0) is 16.1. The van der Waals surface area contributed by atoms with Crippen LogP contribution in [0.5, 0.6) is 0 Å². The summed E-state index contributed by atoms with van der Waals surface area (Å²) >= 11 is 0. The molecule has 1 unspecified atom stereocenters. The normalized spacial score (nSPS) is 11.4. The molecule has 5 heteroatoms.